The number of ether oxygens (including phenoxy) is 1. The highest BCUT2D eigenvalue weighted by Gasteiger charge is 2.27. The standard InChI is InChI=1S/C16H16ClF4N3O2/c1-10-13(15(25)22-6-7-26-9-16(19,20)21)14(17)24(23-10)8-11-2-4-12(18)5-3-11/h2-5H,6-9H2,1H3,(H,22,25). The monoisotopic (exact) mass is 393 g/mol. The molecule has 1 heterocycles. The van der Waals surface area contributed by atoms with E-state index in [2.05, 4.69) is 15.2 Å². The van der Waals surface area contributed by atoms with Crippen molar-refractivity contribution < 1.29 is 27.1 Å². The molecule has 0 saturated heterocycles. The minimum atomic E-state index is -4.41. The van der Waals surface area contributed by atoms with Crippen LogP contribution in [0.15, 0.2) is 24.3 Å². The van der Waals surface area contributed by atoms with Gasteiger partial charge in [-0.2, -0.15) is 18.3 Å². The molecule has 1 N–H and O–H groups in total. The van der Waals surface area contributed by atoms with Gasteiger partial charge in [0.05, 0.1) is 24.4 Å². The van der Waals surface area contributed by atoms with Crippen molar-refractivity contribution in [3.05, 3.63) is 52.1 Å². The quantitative estimate of drug-likeness (QED) is 0.580. The van der Waals surface area contributed by atoms with Gasteiger partial charge in [-0.25, -0.2) is 9.07 Å². The van der Waals surface area contributed by atoms with Crippen LogP contribution in [0.5, 0.6) is 0 Å². The third-order valence-corrected chi connectivity index (χ3v) is 3.72. The van der Waals surface area contributed by atoms with Crippen molar-refractivity contribution >= 4 is 17.5 Å². The zero-order valence-electron chi connectivity index (χ0n) is 13.7. The molecule has 142 valence electrons. The lowest BCUT2D eigenvalue weighted by atomic mass is 10.2. The Morgan fingerprint density at radius 2 is 1.96 bits per heavy atom. The number of amides is 1. The molecule has 0 bridgehead atoms. The molecular formula is C16H16ClF4N3O2. The molecule has 0 atom stereocenters. The average Bonchev–Trinajstić information content (AvgIpc) is 2.82. The van der Waals surface area contributed by atoms with Gasteiger partial charge in [0.15, 0.2) is 0 Å². The molecule has 0 unspecified atom stereocenters. The van der Waals surface area contributed by atoms with Crippen molar-refractivity contribution in [1.29, 1.82) is 0 Å². The fourth-order valence-corrected chi connectivity index (χ4v) is 2.51. The first-order valence-corrected chi connectivity index (χ1v) is 7.95. The SMILES string of the molecule is Cc1nn(Cc2ccc(F)cc2)c(Cl)c1C(=O)NCCOCC(F)(F)F. The number of carbonyl (C=O) groups excluding carboxylic acids is 1. The summed E-state index contributed by atoms with van der Waals surface area (Å²) in [6.07, 6.45) is -4.41. The molecule has 2 aromatic rings. The number of hydrogen-bond acceptors (Lipinski definition) is 3. The van der Waals surface area contributed by atoms with Crippen LogP contribution in [0.2, 0.25) is 5.15 Å². The lowest BCUT2D eigenvalue weighted by Crippen LogP contribution is -2.29. The van der Waals surface area contributed by atoms with Crippen LogP contribution < -0.4 is 5.32 Å². The molecule has 0 aliphatic heterocycles. The number of hydrogen-bond donors (Lipinski definition) is 1. The largest absolute Gasteiger partial charge is 0.411 e. The summed E-state index contributed by atoms with van der Waals surface area (Å²) in [7, 11) is 0. The topological polar surface area (TPSA) is 56.2 Å². The van der Waals surface area contributed by atoms with Gasteiger partial charge in [0, 0.05) is 6.54 Å². The van der Waals surface area contributed by atoms with Crippen LogP contribution in [0, 0.1) is 12.7 Å². The van der Waals surface area contributed by atoms with E-state index in [0.717, 1.165) is 5.56 Å². The van der Waals surface area contributed by atoms with E-state index >= 15 is 0 Å². The minimum absolute atomic E-state index is 0.0838. The summed E-state index contributed by atoms with van der Waals surface area (Å²) < 4.78 is 54.6. The first-order chi connectivity index (χ1) is 12.2. The van der Waals surface area contributed by atoms with Crippen LogP contribution in [-0.4, -0.2) is 41.6 Å². The fraction of sp³-hybridized carbons (Fsp3) is 0.375. The number of alkyl halides is 3. The fourth-order valence-electron chi connectivity index (χ4n) is 2.19. The first kappa shape index (κ1) is 20.2. The summed E-state index contributed by atoms with van der Waals surface area (Å²) in [5.74, 6) is -0.933. The van der Waals surface area contributed by atoms with Gasteiger partial charge in [-0.3, -0.25) is 4.79 Å². The summed E-state index contributed by atoms with van der Waals surface area (Å²) in [4.78, 5) is 12.2. The summed E-state index contributed by atoms with van der Waals surface area (Å²) in [5, 5.41) is 6.69. The van der Waals surface area contributed by atoms with Crippen molar-refractivity contribution in [2.45, 2.75) is 19.6 Å². The molecule has 0 aliphatic carbocycles. The summed E-state index contributed by atoms with van der Waals surface area (Å²) in [6, 6.07) is 5.74. The van der Waals surface area contributed by atoms with Gasteiger partial charge in [0.25, 0.3) is 5.91 Å². The number of carbonyl (C=O) groups is 1. The van der Waals surface area contributed by atoms with Gasteiger partial charge in [-0.15, -0.1) is 0 Å². The maximum Gasteiger partial charge on any atom is 0.411 e. The summed E-state index contributed by atoms with van der Waals surface area (Å²) in [6.45, 7) is 0.0573. The summed E-state index contributed by atoms with van der Waals surface area (Å²) in [5.41, 5.74) is 1.23. The Morgan fingerprint density at radius 3 is 2.58 bits per heavy atom. The molecular weight excluding hydrogens is 378 g/mol. The molecule has 0 radical (unpaired) electrons. The van der Waals surface area contributed by atoms with E-state index in [1.165, 1.54) is 16.8 Å². The lowest BCUT2D eigenvalue weighted by molar-refractivity contribution is -0.173. The first-order valence-electron chi connectivity index (χ1n) is 7.57. The van der Waals surface area contributed by atoms with Gasteiger partial charge in [0.2, 0.25) is 0 Å². The number of halogens is 5. The number of benzene rings is 1. The van der Waals surface area contributed by atoms with Crippen molar-refractivity contribution in [2.24, 2.45) is 0 Å². The van der Waals surface area contributed by atoms with E-state index in [1.807, 2.05) is 0 Å². The average molecular weight is 394 g/mol. The lowest BCUT2D eigenvalue weighted by Gasteiger charge is -2.08. The molecule has 5 nitrogen and oxygen atoms in total. The van der Waals surface area contributed by atoms with Crippen LogP contribution in [0.25, 0.3) is 0 Å². The highest BCUT2D eigenvalue weighted by atomic mass is 35.5. The molecule has 0 fully saturated rings. The van der Waals surface area contributed by atoms with E-state index < -0.39 is 18.7 Å². The van der Waals surface area contributed by atoms with E-state index in [1.54, 1.807) is 19.1 Å². The Labute approximate surface area is 151 Å². The Balaban J connectivity index is 1.95. The highest BCUT2D eigenvalue weighted by Crippen LogP contribution is 2.21. The third-order valence-electron chi connectivity index (χ3n) is 3.34. The second kappa shape index (κ2) is 8.50. The Morgan fingerprint density at radius 1 is 1.31 bits per heavy atom. The molecule has 26 heavy (non-hydrogen) atoms. The van der Waals surface area contributed by atoms with Crippen LogP contribution in [0.1, 0.15) is 21.6 Å². The smallest absolute Gasteiger partial charge is 0.370 e. The Bertz CT molecular complexity index is 760. The van der Waals surface area contributed by atoms with E-state index in [4.69, 9.17) is 11.6 Å². The maximum atomic E-state index is 12.9. The van der Waals surface area contributed by atoms with E-state index in [0.29, 0.717) is 5.69 Å². The van der Waals surface area contributed by atoms with Crippen molar-refractivity contribution in [1.82, 2.24) is 15.1 Å². The zero-order chi connectivity index (χ0) is 19.3. The number of aryl methyl sites for hydroxylation is 1. The molecule has 0 saturated carbocycles. The van der Waals surface area contributed by atoms with Crippen molar-refractivity contribution in [3.63, 3.8) is 0 Å². The molecule has 2 rings (SSSR count). The minimum Gasteiger partial charge on any atom is -0.370 e. The van der Waals surface area contributed by atoms with Crippen LogP contribution >= 0.6 is 11.6 Å². The highest BCUT2D eigenvalue weighted by molar-refractivity contribution is 6.33. The van der Waals surface area contributed by atoms with Crippen LogP contribution in [-0.2, 0) is 11.3 Å². The second-order valence-corrected chi connectivity index (χ2v) is 5.82. The van der Waals surface area contributed by atoms with Crippen LogP contribution in [0.4, 0.5) is 17.6 Å². The van der Waals surface area contributed by atoms with Gasteiger partial charge < -0.3 is 10.1 Å². The predicted octanol–water partition coefficient (Wildman–Crippen LogP) is 3.34. The van der Waals surface area contributed by atoms with Gasteiger partial charge in [0.1, 0.15) is 17.6 Å². The molecule has 1 amide bonds. The van der Waals surface area contributed by atoms with Gasteiger partial charge in [-0.1, -0.05) is 23.7 Å². The van der Waals surface area contributed by atoms with E-state index in [-0.39, 0.29) is 36.2 Å². The van der Waals surface area contributed by atoms with Crippen molar-refractivity contribution in [3.8, 4) is 0 Å². The van der Waals surface area contributed by atoms with Gasteiger partial charge >= 0.3 is 6.18 Å². The number of nitrogens with one attached hydrogen (secondary N) is 1. The van der Waals surface area contributed by atoms with Crippen LogP contribution in [0.3, 0.4) is 0 Å². The number of rotatable bonds is 7. The molecule has 0 spiro atoms. The Kier molecular flexibility index (Phi) is 6.60. The zero-order valence-corrected chi connectivity index (χ0v) is 14.5. The number of aromatic nitrogens is 2. The molecule has 10 heteroatoms. The third kappa shape index (κ3) is 5.70. The van der Waals surface area contributed by atoms with Gasteiger partial charge in [-0.05, 0) is 24.6 Å². The summed E-state index contributed by atoms with van der Waals surface area (Å²) >= 11 is 6.19. The Hall–Kier alpha value is -2.13. The predicted molar refractivity (Wildman–Crippen MR) is 86.7 cm³/mol. The molecule has 0 aliphatic rings. The number of nitrogens with zero attached hydrogens (tertiary/aromatic N) is 2. The normalized spacial score (nSPS) is 11.6. The van der Waals surface area contributed by atoms with Crippen molar-refractivity contribution in [2.75, 3.05) is 19.8 Å². The maximum absolute atomic E-state index is 12.9. The molecule has 1 aromatic heterocycles. The second-order valence-electron chi connectivity index (χ2n) is 5.46. The molecule has 1 aromatic carbocycles. The van der Waals surface area contributed by atoms with E-state index in [9.17, 15) is 22.4 Å².